The van der Waals surface area contributed by atoms with Gasteiger partial charge in [0, 0.05) is 23.6 Å². The van der Waals surface area contributed by atoms with Crippen LogP contribution in [0.3, 0.4) is 0 Å². The van der Waals surface area contributed by atoms with E-state index in [1.165, 1.54) is 16.8 Å². The van der Waals surface area contributed by atoms with Gasteiger partial charge in [0.2, 0.25) is 23.6 Å². The maximum Gasteiger partial charge on any atom is 0.246 e. The lowest BCUT2D eigenvalue weighted by molar-refractivity contribution is -0.138. The second-order valence-electron chi connectivity index (χ2n) is 11.4. The van der Waals surface area contributed by atoms with Crippen molar-refractivity contribution < 1.29 is 24.3 Å². The Morgan fingerprint density at radius 3 is 2.32 bits per heavy atom. The van der Waals surface area contributed by atoms with Crippen LogP contribution in [0.25, 0.3) is 0 Å². The molecule has 3 aromatic carbocycles. The number of likely N-dealkylation sites (tertiary alicyclic amines) is 1. The number of imide groups is 2. The summed E-state index contributed by atoms with van der Waals surface area (Å²) in [5.74, 6) is -4.44. The van der Waals surface area contributed by atoms with Gasteiger partial charge < -0.3 is 5.11 Å². The van der Waals surface area contributed by atoms with Gasteiger partial charge in [-0.2, -0.15) is 0 Å². The number of hydrogen-bond acceptors (Lipinski definition) is 5. The molecule has 206 valence electrons. The molecule has 1 N–H and O–H groups in total. The Balaban J connectivity index is 1.53. The molecular weight excluding hydrogens is 540 g/mol. The van der Waals surface area contributed by atoms with Gasteiger partial charge in [0.15, 0.2) is 0 Å². The molecule has 0 radical (unpaired) electrons. The molecule has 7 rings (SSSR count). The maximum absolute atomic E-state index is 15.0. The van der Waals surface area contributed by atoms with E-state index in [-0.39, 0.29) is 29.9 Å². The third-order valence-electron chi connectivity index (χ3n) is 9.64. The predicted octanol–water partition coefficient (Wildman–Crippen LogP) is 4.84. The minimum Gasteiger partial charge on any atom is -0.508 e. The van der Waals surface area contributed by atoms with Crippen LogP contribution in [0.5, 0.6) is 5.75 Å². The predicted molar refractivity (Wildman–Crippen MR) is 152 cm³/mol. The van der Waals surface area contributed by atoms with Crippen LogP contribution in [0.2, 0.25) is 5.02 Å². The minimum atomic E-state index is -1.40. The summed E-state index contributed by atoms with van der Waals surface area (Å²) >= 11 is 6.31. The van der Waals surface area contributed by atoms with E-state index in [1.54, 1.807) is 48.5 Å². The fourth-order valence-corrected chi connectivity index (χ4v) is 8.16. The second-order valence-corrected chi connectivity index (χ2v) is 11.8. The van der Waals surface area contributed by atoms with E-state index in [0.717, 1.165) is 5.57 Å². The standard InChI is InChI=1S/C33H27ClN2O5/c1-35-29(38)23-15-14-21-24(27(23)31(35)40)17-25-30(39)36(20-11-7-10-19(34)16-20)32(41)33(25,18-8-3-2-4-9-18)28(21)22-12-5-6-13-26(22)37/h2-14,16,23-25,27-28,37H,15,17H2,1H3. The SMILES string of the molecule is CN1C(=O)C2CC=C3C(CC4C(=O)N(c5cccc(Cl)c5)C(=O)C4(c4ccccc4)C3c3ccccc3O)C2C1=O. The van der Waals surface area contributed by atoms with Gasteiger partial charge in [-0.15, -0.1) is 0 Å². The zero-order valence-electron chi connectivity index (χ0n) is 22.2. The monoisotopic (exact) mass is 566 g/mol. The summed E-state index contributed by atoms with van der Waals surface area (Å²) in [6.07, 6.45) is 2.56. The van der Waals surface area contributed by atoms with E-state index in [9.17, 15) is 24.3 Å². The minimum absolute atomic E-state index is 0.00243. The topological polar surface area (TPSA) is 95.0 Å². The molecule has 8 heteroatoms. The Kier molecular flexibility index (Phi) is 5.74. The Morgan fingerprint density at radius 2 is 1.59 bits per heavy atom. The van der Waals surface area contributed by atoms with E-state index in [1.807, 2.05) is 36.4 Å². The number of carbonyl (C=O) groups excluding carboxylic acids is 4. The molecule has 3 fully saturated rings. The summed E-state index contributed by atoms with van der Waals surface area (Å²) in [5, 5.41) is 11.6. The lowest BCUT2D eigenvalue weighted by Gasteiger charge is -2.50. The number of anilines is 1. The summed E-state index contributed by atoms with van der Waals surface area (Å²) < 4.78 is 0. The van der Waals surface area contributed by atoms with Gasteiger partial charge >= 0.3 is 0 Å². The molecule has 2 saturated heterocycles. The van der Waals surface area contributed by atoms with E-state index < -0.39 is 40.9 Å². The molecule has 3 aromatic rings. The first kappa shape index (κ1) is 25.7. The van der Waals surface area contributed by atoms with Crippen molar-refractivity contribution in [2.45, 2.75) is 24.2 Å². The number of phenols is 1. The highest BCUT2D eigenvalue weighted by atomic mass is 35.5. The van der Waals surface area contributed by atoms with Crippen molar-refractivity contribution in [1.82, 2.24) is 4.90 Å². The molecule has 7 nitrogen and oxygen atoms in total. The highest BCUT2D eigenvalue weighted by Crippen LogP contribution is 2.65. The van der Waals surface area contributed by atoms with Crippen molar-refractivity contribution in [3.8, 4) is 5.75 Å². The third-order valence-corrected chi connectivity index (χ3v) is 9.87. The maximum atomic E-state index is 15.0. The van der Waals surface area contributed by atoms with E-state index >= 15 is 0 Å². The smallest absolute Gasteiger partial charge is 0.246 e. The molecule has 4 aliphatic rings. The highest BCUT2D eigenvalue weighted by Gasteiger charge is 2.70. The molecule has 1 saturated carbocycles. The van der Waals surface area contributed by atoms with Crippen molar-refractivity contribution >= 4 is 40.9 Å². The van der Waals surface area contributed by atoms with Crippen LogP contribution in [-0.2, 0) is 24.6 Å². The number of aromatic hydroxyl groups is 1. The summed E-state index contributed by atoms with van der Waals surface area (Å²) in [6, 6.07) is 22.8. The van der Waals surface area contributed by atoms with Crippen molar-refractivity contribution in [2.24, 2.45) is 23.7 Å². The van der Waals surface area contributed by atoms with Gasteiger partial charge in [0.1, 0.15) is 5.75 Å². The number of fused-ring (bicyclic) bond motifs is 4. The fraction of sp³-hybridized carbons (Fsp3) is 0.273. The van der Waals surface area contributed by atoms with Gasteiger partial charge in [0.25, 0.3) is 0 Å². The number of rotatable bonds is 3. The van der Waals surface area contributed by atoms with Gasteiger partial charge in [-0.25, -0.2) is 4.90 Å². The average Bonchev–Trinajstić information content (AvgIpc) is 3.34. The van der Waals surface area contributed by atoms with Gasteiger partial charge in [0.05, 0.1) is 28.9 Å². The molecule has 41 heavy (non-hydrogen) atoms. The van der Waals surface area contributed by atoms with Crippen molar-refractivity contribution in [1.29, 1.82) is 0 Å². The quantitative estimate of drug-likeness (QED) is 0.362. The van der Waals surface area contributed by atoms with Gasteiger partial charge in [-0.1, -0.05) is 77.8 Å². The normalized spacial score (nSPS) is 30.7. The Labute approximate surface area is 242 Å². The van der Waals surface area contributed by atoms with Crippen LogP contribution in [0.15, 0.2) is 90.5 Å². The average molecular weight is 567 g/mol. The van der Waals surface area contributed by atoms with Crippen molar-refractivity contribution in [2.75, 3.05) is 11.9 Å². The Hall–Kier alpha value is -4.23. The second kappa shape index (κ2) is 9.14. The van der Waals surface area contributed by atoms with Crippen molar-refractivity contribution in [3.63, 3.8) is 0 Å². The Morgan fingerprint density at radius 1 is 0.854 bits per heavy atom. The van der Waals surface area contributed by atoms with Crippen molar-refractivity contribution in [3.05, 3.63) is 107 Å². The molecule has 0 spiro atoms. The summed E-state index contributed by atoms with van der Waals surface area (Å²) in [7, 11) is 1.51. The van der Waals surface area contributed by atoms with E-state index in [0.29, 0.717) is 28.3 Å². The van der Waals surface area contributed by atoms with Crippen LogP contribution in [0.4, 0.5) is 5.69 Å². The number of allylic oxidation sites excluding steroid dienone is 2. The molecule has 0 bridgehead atoms. The number of para-hydroxylation sites is 1. The molecule has 6 unspecified atom stereocenters. The number of nitrogens with zero attached hydrogens (tertiary/aromatic N) is 2. The highest BCUT2D eigenvalue weighted by molar-refractivity contribution is 6.32. The fourth-order valence-electron chi connectivity index (χ4n) is 7.98. The largest absolute Gasteiger partial charge is 0.508 e. The molecule has 4 amide bonds. The number of halogens is 1. The first-order valence-corrected chi connectivity index (χ1v) is 14.1. The zero-order valence-corrected chi connectivity index (χ0v) is 23.0. The molecular formula is C33H27ClN2O5. The lowest BCUT2D eigenvalue weighted by Crippen LogP contribution is -2.53. The van der Waals surface area contributed by atoms with Crippen LogP contribution in [0.1, 0.15) is 29.9 Å². The first-order valence-electron chi connectivity index (χ1n) is 13.8. The molecule has 6 atom stereocenters. The molecule has 2 aliphatic heterocycles. The number of carbonyl (C=O) groups is 4. The van der Waals surface area contributed by atoms with Crippen LogP contribution >= 0.6 is 11.6 Å². The third kappa shape index (κ3) is 3.39. The number of phenolic OH excluding ortho intramolecular Hbond substituents is 1. The molecule has 2 heterocycles. The number of benzene rings is 3. The molecule has 2 aliphatic carbocycles. The van der Waals surface area contributed by atoms with Crippen LogP contribution < -0.4 is 4.90 Å². The number of hydrogen-bond donors (Lipinski definition) is 1. The lowest BCUT2D eigenvalue weighted by atomic mass is 9.49. The van der Waals surface area contributed by atoms with Crippen LogP contribution in [0, 0.1) is 23.7 Å². The summed E-state index contributed by atoms with van der Waals surface area (Å²) in [5.41, 5.74) is 0.962. The summed E-state index contributed by atoms with van der Waals surface area (Å²) in [4.78, 5) is 58.4. The first-order chi connectivity index (χ1) is 19.8. The molecule has 0 aromatic heterocycles. The number of amides is 4. The summed E-state index contributed by atoms with van der Waals surface area (Å²) in [6.45, 7) is 0. The van der Waals surface area contributed by atoms with E-state index in [4.69, 9.17) is 11.6 Å². The van der Waals surface area contributed by atoms with E-state index in [2.05, 4.69) is 0 Å². The van der Waals surface area contributed by atoms with Gasteiger partial charge in [-0.05, 0) is 48.6 Å². The van der Waals surface area contributed by atoms with Gasteiger partial charge in [-0.3, -0.25) is 24.1 Å². The van der Waals surface area contributed by atoms with Crippen LogP contribution in [-0.4, -0.2) is 40.7 Å². The Bertz CT molecular complexity index is 1670. The zero-order chi connectivity index (χ0) is 28.6.